The van der Waals surface area contributed by atoms with Gasteiger partial charge in [-0.15, -0.1) is 0 Å². The monoisotopic (exact) mass is 533 g/mol. The Morgan fingerprint density at radius 2 is 1.76 bits per heavy atom. The number of ether oxygens (including phenoxy) is 3. The van der Waals surface area contributed by atoms with Crippen molar-refractivity contribution in [3.05, 3.63) is 16.7 Å². The molecule has 0 bridgehead atoms. The average molecular weight is 534 g/mol. The molecule has 2 aromatic heterocycles. The van der Waals surface area contributed by atoms with Crippen LogP contribution in [0.3, 0.4) is 0 Å². The van der Waals surface area contributed by atoms with Crippen LogP contribution in [0, 0.1) is 5.92 Å². The van der Waals surface area contributed by atoms with E-state index < -0.39 is 35.9 Å². The third-order valence-electron chi connectivity index (χ3n) is 5.74. The van der Waals surface area contributed by atoms with Crippen molar-refractivity contribution in [2.75, 3.05) is 11.9 Å². The number of carbonyl (C=O) groups excluding carboxylic acids is 5. The minimum atomic E-state index is -0.873. The fourth-order valence-corrected chi connectivity index (χ4v) is 3.63. The first-order chi connectivity index (χ1) is 17.9. The van der Waals surface area contributed by atoms with Crippen molar-refractivity contribution < 1.29 is 38.2 Å². The standard InChI is InChI=1S/C24H31N5O9/c1-12(2)22(34)27-24-26-21-20(23(35)28-24)25-11-29(21)17-9-15(38-19(33)8-6-14(4)31)16(37-17)10-36-18(32)7-5-13(3)30/h11-12,15-17H,5-10H2,1-4H3,(H2,26,27,28,34,35)/t15-,16+,17-/m0/s1. The summed E-state index contributed by atoms with van der Waals surface area (Å²) < 4.78 is 18.3. The predicted molar refractivity (Wildman–Crippen MR) is 131 cm³/mol. The molecule has 1 aliphatic heterocycles. The molecule has 0 unspecified atom stereocenters. The number of anilines is 1. The second kappa shape index (κ2) is 12.5. The summed E-state index contributed by atoms with van der Waals surface area (Å²) in [7, 11) is 0. The lowest BCUT2D eigenvalue weighted by atomic mass is 10.1. The molecule has 2 N–H and O–H groups in total. The van der Waals surface area contributed by atoms with Crippen LogP contribution in [0.1, 0.15) is 66.0 Å². The highest BCUT2D eigenvalue weighted by Gasteiger charge is 2.40. The number of nitrogens with zero attached hydrogens (tertiary/aromatic N) is 3. The molecule has 0 aliphatic carbocycles. The minimum Gasteiger partial charge on any atom is -0.463 e. The van der Waals surface area contributed by atoms with Crippen LogP contribution in [-0.2, 0) is 38.2 Å². The Labute approximate surface area is 217 Å². The molecule has 0 spiro atoms. The molecule has 14 nitrogen and oxygen atoms in total. The number of aromatic nitrogens is 4. The highest BCUT2D eigenvalue weighted by molar-refractivity contribution is 5.91. The van der Waals surface area contributed by atoms with E-state index in [1.165, 1.54) is 24.7 Å². The zero-order valence-corrected chi connectivity index (χ0v) is 21.6. The van der Waals surface area contributed by atoms with Gasteiger partial charge in [0.25, 0.3) is 5.56 Å². The molecule has 3 heterocycles. The predicted octanol–water partition coefficient (Wildman–Crippen LogP) is 1.19. The number of nitrogens with one attached hydrogen (secondary N) is 2. The van der Waals surface area contributed by atoms with Crippen molar-refractivity contribution in [1.82, 2.24) is 19.5 Å². The van der Waals surface area contributed by atoms with Crippen molar-refractivity contribution >= 4 is 46.5 Å². The molecule has 0 saturated carbocycles. The van der Waals surface area contributed by atoms with E-state index in [0.717, 1.165) is 0 Å². The van der Waals surface area contributed by atoms with Crippen LogP contribution in [-0.4, -0.2) is 67.7 Å². The van der Waals surface area contributed by atoms with Gasteiger partial charge in [0.05, 0.1) is 19.2 Å². The lowest BCUT2D eigenvalue weighted by molar-refractivity contribution is -0.159. The zero-order chi connectivity index (χ0) is 28.0. The summed E-state index contributed by atoms with van der Waals surface area (Å²) in [5, 5.41) is 2.54. The Bertz CT molecular complexity index is 1280. The maximum atomic E-state index is 12.5. The van der Waals surface area contributed by atoms with Gasteiger partial charge in [0.1, 0.15) is 36.6 Å². The van der Waals surface area contributed by atoms with Crippen LogP contribution in [0.15, 0.2) is 11.1 Å². The van der Waals surface area contributed by atoms with Crippen molar-refractivity contribution in [2.45, 2.75) is 78.2 Å². The molecule has 1 aliphatic rings. The number of H-pyrrole nitrogens is 1. The molecule has 206 valence electrons. The van der Waals surface area contributed by atoms with E-state index >= 15 is 0 Å². The van der Waals surface area contributed by atoms with Crippen LogP contribution < -0.4 is 10.9 Å². The van der Waals surface area contributed by atoms with E-state index in [-0.39, 0.29) is 79.2 Å². The molecule has 1 fully saturated rings. The maximum Gasteiger partial charge on any atom is 0.306 e. The van der Waals surface area contributed by atoms with E-state index in [0.29, 0.717) is 0 Å². The molecule has 0 aromatic carbocycles. The van der Waals surface area contributed by atoms with Crippen LogP contribution in [0.4, 0.5) is 5.95 Å². The van der Waals surface area contributed by atoms with E-state index in [1.807, 2.05) is 0 Å². The van der Waals surface area contributed by atoms with Crippen LogP contribution in [0.5, 0.6) is 0 Å². The number of ketones is 2. The van der Waals surface area contributed by atoms with Crippen molar-refractivity contribution in [3.8, 4) is 0 Å². The lowest BCUT2D eigenvalue weighted by Crippen LogP contribution is -2.32. The maximum absolute atomic E-state index is 12.5. The number of aromatic amines is 1. The molecule has 0 radical (unpaired) electrons. The minimum absolute atomic E-state index is 0.00487. The Kier molecular flexibility index (Phi) is 9.45. The fraction of sp³-hybridized carbons (Fsp3) is 0.583. The van der Waals surface area contributed by atoms with E-state index in [4.69, 9.17) is 14.2 Å². The average Bonchev–Trinajstić information content (AvgIpc) is 3.44. The summed E-state index contributed by atoms with van der Waals surface area (Å²) in [5.74, 6) is -2.32. The second-order valence-electron chi connectivity index (χ2n) is 9.36. The topological polar surface area (TPSA) is 189 Å². The van der Waals surface area contributed by atoms with E-state index in [2.05, 4.69) is 20.3 Å². The Hall–Kier alpha value is -3.94. The first-order valence-corrected chi connectivity index (χ1v) is 12.2. The molecule has 1 amide bonds. The van der Waals surface area contributed by atoms with Crippen LogP contribution in [0.2, 0.25) is 0 Å². The Balaban J connectivity index is 1.81. The van der Waals surface area contributed by atoms with Gasteiger partial charge in [0.15, 0.2) is 11.2 Å². The molecule has 3 rings (SSSR count). The lowest BCUT2D eigenvalue weighted by Gasteiger charge is -2.18. The summed E-state index contributed by atoms with van der Waals surface area (Å²) in [4.78, 5) is 82.2. The number of esters is 2. The highest BCUT2D eigenvalue weighted by atomic mass is 16.6. The first-order valence-electron chi connectivity index (χ1n) is 12.2. The van der Waals surface area contributed by atoms with Gasteiger partial charge in [0, 0.05) is 25.2 Å². The largest absolute Gasteiger partial charge is 0.463 e. The van der Waals surface area contributed by atoms with E-state index in [1.54, 1.807) is 13.8 Å². The molecule has 3 atom stereocenters. The van der Waals surface area contributed by atoms with Gasteiger partial charge in [-0.2, -0.15) is 4.98 Å². The quantitative estimate of drug-likeness (QED) is 0.373. The van der Waals surface area contributed by atoms with Crippen LogP contribution in [0.25, 0.3) is 11.2 Å². The third-order valence-corrected chi connectivity index (χ3v) is 5.74. The van der Waals surface area contributed by atoms with Gasteiger partial charge in [-0.1, -0.05) is 13.8 Å². The number of carbonyl (C=O) groups is 5. The van der Waals surface area contributed by atoms with Gasteiger partial charge >= 0.3 is 11.9 Å². The second-order valence-corrected chi connectivity index (χ2v) is 9.36. The summed E-state index contributed by atoms with van der Waals surface area (Å²) >= 11 is 0. The Morgan fingerprint density at radius 1 is 1.11 bits per heavy atom. The van der Waals surface area contributed by atoms with Gasteiger partial charge in [0.2, 0.25) is 11.9 Å². The molecule has 14 heteroatoms. The molecule has 38 heavy (non-hydrogen) atoms. The van der Waals surface area contributed by atoms with Crippen LogP contribution >= 0.6 is 0 Å². The van der Waals surface area contributed by atoms with Crippen molar-refractivity contribution in [1.29, 1.82) is 0 Å². The molecular formula is C24H31N5O9. The fourth-order valence-electron chi connectivity index (χ4n) is 3.63. The number of fused-ring (bicyclic) bond motifs is 1. The van der Waals surface area contributed by atoms with Gasteiger partial charge in [-0.25, -0.2) is 4.98 Å². The third kappa shape index (κ3) is 7.54. The van der Waals surface area contributed by atoms with Gasteiger partial charge in [-0.05, 0) is 13.8 Å². The summed E-state index contributed by atoms with van der Waals surface area (Å²) in [6.07, 6.45) is -1.26. The van der Waals surface area contributed by atoms with Gasteiger partial charge < -0.3 is 23.8 Å². The van der Waals surface area contributed by atoms with E-state index in [9.17, 15) is 28.8 Å². The summed E-state index contributed by atoms with van der Waals surface area (Å²) in [6.45, 7) is 5.85. The molecule has 2 aromatic rings. The smallest absolute Gasteiger partial charge is 0.306 e. The SMILES string of the molecule is CC(=O)CCC(=O)OC[C@H]1O[C@H](n2cnc3c(=O)[nH]c(NC(=O)C(C)C)nc32)C[C@@H]1OC(=O)CCC(C)=O. The number of hydrogen-bond acceptors (Lipinski definition) is 11. The van der Waals surface area contributed by atoms with Crippen molar-refractivity contribution in [2.24, 2.45) is 5.92 Å². The number of amides is 1. The summed E-state index contributed by atoms with van der Waals surface area (Å²) in [5.41, 5.74) is -0.446. The number of imidazole rings is 1. The normalized spacial score (nSPS) is 18.9. The highest BCUT2D eigenvalue weighted by Crippen LogP contribution is 2.33. The number of hydrogen-bond donors (Lipinski definition) is 2. The van der Waals surface area contributed by atoms with Gasteiger partial charge in [-0.3, -0.25) is 34.0 Å². The molecular weight excluding hydrogens is 502 g/mol. The summed E-state index contributed by atoms with van der Waals surface area (Å²) in [6, 6.07) is 0. The zero-order valence-electron chi connectivity index (χ0n) is 21.6. The Morgan fingerprint density at radius 3 is 2.39 bits per heavy atom. The van der Waals surface area contributed by atoms with Crippen molar-refractivity contribution in [3.63, 3.8) is 0 Å². The number of rotatable bonds is 12. The number of Topliss-reactive ketones (excluding diaryl/α,β-unsaturated/α-hetero) is 2. The first kappa shape index (κ1) is 28.6. The molecule has 1 saturated heterocycles.